The summed E-state index contributed by atoms with van der Waals surface area (Å²) in [6.07, 6.45) is 5.74. The van der Waals surface area contributed by atoms with Crippen LogP contribution in [0.5, 0.6) is 0 Å². The summed E-state index contributed by atoms with van der Waals surface area (Å²) in [5, 5.41) is 7.55. The number of aryl methyl sites for hydroxylation is 2. The van der Waals surface area contributed by atoms with Crippen molar-refractivity contribution in [1.29, 1.82) is 0 Å². The molecule has 8 aromatic rings. The smallest absolute Gasteiger partial charge is 0.0543 e. The first kappa shape index (κ1) is 34.1. The van der Waals surface area contributed by atoms with Crippen LogP contribution in [-0.2, 0) is 5.41 Å². The second kappa shape index (κ2) is 12.9. The van der Waals surface area contributed by atoms with Crippen molar-refractivity contribution in [2.75, 3.05) is 9.80 Å². The Bertz CT molecular complexity index is 2890. The van der Waals surface area contributed by atoms with Crippen LogP contribution in [0.1, 0.15) is 49.4 Å². The van der Waals surface area contributed by atoms with Gasteiger partial charge in [0.2, 0.25) is 0 Å². The van der Waals surface area contributed by atoms with Gasteiger partial charge >= 0.3 is 0 Å². The molecule has 56 heavy (non-hydrogen) atoms. The third-order valence-corrected chi connectivity index (χ3v) is 13.0. The van der Waals surface area contributed by atoms with Gasteiger partial charge in [0, 0.05) is 44.7 Å². The molecule has 1 atom stereocenters. The van der Waals surface area contributed by atoms with Gasteiger partial charge < -0.3 is 9.80 Å². The Labute approximate surface area is 330 Å². The zero-order valence-corrected chi connectivity index (χ0v) is 32.8. The number of hydrogen-bond acceptors (Lipinski definition) is 2. The number of anilines is 5. The van der Waals surface area contributed by atoms with Crippen molar-refractivity contribution in [3.63, 3.8) is 0 Å². The number of hydrogen-bond donors (Lipinski definition) is 0. The number of fused-ring (bicyclic) bond motifs is 7. The fourth-order valence-corrected chi connectivity index (χ4v) is 9.50. The van der Waals surface area contributed by atoms with Gasteiger partial charge in [-0.1, -0.05) is 147 Å². The predicted molar refractivity (Wildman–Crippen MR) is 240 cm³/mol. The fourth-order valence-electron chi connectivity index (χ4n) is 9.50. The average Bonchev–Trinajstić information content (AvgIpc) is 3.40. The topological polar surface area (TPSA) is 6.48 Å². The van der Waals surface area contributed by atoms with Gasteiger partial charge in [-0.25, -0.2) is 0 Å². The van der Waals surface area contributed by atoms with Crippen LogP contribution in [0.15, 0.2) is 182 Å². The first-order valence-electron chi connectivity index (χ1n) is 19.9. The summed E-state index contributed by atoms with van der Waals surface area (Å²) in [5.41, 5.74) is 13.6. The molecular weight excluding hydrogens is 677 g/mol. The fraction of sp³-hybridized carbons (Fsp3) is 0.148. The summed E-state index contributed by atoms with van der Waals surface area (Å²) in [4.78, 5) is 4.97. The standard InChI is InChI=1S/C54H46N2/c1-36-18-24-42(25-19-36)55(44-28-22-38-12-6-8-14-40(38)32-44)46-30-31-49-52-48-17-11-10-16-47(48)51(34-50(52)53(3,4)54(49,5)35-46)56(43-26-20-37(2)21-27-43)45-29-23-39-13-7-9-15-41(39)33-45/h6-34H,35H2,1-5H3. The van der Waals surface area contributed by atoms with E-state index in [0.29, 0.717) is 0 Å². The van der Waals surface area contributed by atoms with Crippen molar-refractivity contribution < 1.29 is 0 Å². The highest BCUT2D eigenvalue weighted by atomic mass is 15.2. The lowest BCUT2D eigenvalue weighted by atomic mass is 9.62. The Kier molecular flexibility index (Phi) is 7.83. The van der Waals surface area contributed by atoms with Crippen LogP contribution in [0.4, 0.5) is 28.4 Å². The molecule has 0 saturated carbocycles. The molecule has 10 rings (SSSR count). The summed E-state index contributed by atoms with van der Waals surface area (Å²) in [7, 11) is 0. The molecule has 0 radical (unpaired) electrons. The van der Waals surface area contributed by atoms with Crippen LogP contribution in [0, 0.1) is 19.3 Å². The Hall–Kier alpha value is -6.38. The zero-order valence-electron chi connectivity index (χ0n) is 32.8. The van der Waals surface area contributed by atoms with Crippen molar-refractivity contribution >= 4 is 66.3 Å². The lowest BCUT2D eigenvalue weighted by molar-refractivity contribution is 0.264. The maximum absolute atomic E-state index is 2.53. The van der Waals surface area contributed by atoms with Gasteiger partial charge in [-0.3, -0.25) is 0 Å². The van der Waals surface area contributed by atoms with Gasteiger partial charge in [0.15, 0.2) is 0 Å². The van der Waals surface area contributed by atoms with E-state index in [-0.39, 0.29) is 10.8 Å². The first-order chi connectivity index (χ1) is 27.2. The Morgan fingerprint density at radius 2 is 0.929 bits per heavy atom. The highest BCUT2D eigenvalue weighted by molar-refractivity contribution is 6.08. The van der Waals surface area contributed by atoms with Crippen LogP contribution in [-0.4, -0.2) is 0 Å². The molecule has 1 unspecified atom stereocenters. The monoisotopic (exact) mass is 722 g/mol. The van der Waals surface area contributed by atoms with Crippen LogP contribution < -0.4 is 9.80 Å². The molecule has 2 aliphatic rings. The third kappa shape index (κ3) is 5.31. The highest BCUT2D eigenvalue weighted by Crippen LogP contribution is 2.65. The minimum absolute atomic E-state index is 0.168. The van der Waals surface area contributed by atoms with E-state index in [1.165, 1.54) is 82.9 Å². The Morgan fingerprint density at radius 3 is 1.52 bits per heavy atom. The molecule has 0 N–H and O–H groups in total. The molecule has 2 heteroatoms. The molecule has 8 aromatic carbocycles. The molecule has 0 fully saturated rings. The van der Waals surface area contributed by atoms with Crippen molar-refractivity contribution in [2.24, 2.45) is 5.41 Å². The zero-order chi connectivity index (χ0) is 38.2. The van der Waals surface area contributed by atoms with Gasteiger partial charge in [-0.15, -0.1) is 0 Å². The largest absolute Gasteiger partial charge is 0.314 e. The minimum Gasteiger partial charge on any atom is -0.314 e. The summed E-state index contributed by atoms with van der Waals surface area (Å²) in [6, 6.07) is 60.7. The van der Waals surface area contributed by atoms with Crippen molar-refractivity contribution in [1.82, 2.24) is 0 Å². The molecule has 0 heterocycles. The molecule has 0 aromatic heterocycles. The minimum atomic E-state index is -0.183. The van der Waals surface area contributed by atoms with Crippen LogP contribution in [0.25, 0.3) is 37.9 Å². The second-order valence-electron chi connectivity index (χ2n) is 16.6. The van der Waals surface area contributed by atoms with E-state index in [9.17, 15) is 0 Å². The summed E-state index contributed by atoms with van der Waals surface area (Å²) >= 11 is 0. The maximum atomic E-state index is 2.53. The molecular formula is C54H46N2. The molecule has 0 amide bonds. The molecule has 0 aliphatic heterocycles. The van der Waals surface area contributed by atoms with Gasteiger partial charge in [0.1, 0.15) is 0 Å². The normalized spacial score (nSPS) is 17.0. The lowest BCUT2D eigenvalue weighted by Gasteiger charge is -2.44. The van der Waals surface area contributed by atoms with E-state index in [1.54, 1.807) is 0 Å². The predicted octanol–water partition coefficient (Wildman–Crippen LogP) is 15.0. The molecule has 0 bridgehead atoms. The van der Waals surface area contributed by atoms with E-state index in [0.717, 1.165) is 17.8 Å². The van der Waals surface area contributed by atoms with Gasteiger partial charge in [0.25, 0.3) is 0 Å². The molecule has 272 valence electrons. The highest BCUT2D eigenvalue weighted by Gasteiger charge is 2.54. The van der Waals surface area contributed by atoms with Crippen molar-refractivity contribution in [3.8, 4) is 0 Å². The Balaban J connectivity index is 1.17. The number of rotatable bonds is 6. The number of benzene rings is 8. The lowest BCUT2D eigenvalue weighted by Crippen LogP contribution is -2.38. The van der Waals surface area contributed by atoms with E-state index in [1.807, 2.05) is 0 Å². The van der Waals surface area contributed by atoms with Crippen LogP contribution >= 0.6 is 0 Å². The molecule has 2 nitrogen and oxygen atoms in total. The SMILES string of the molecule is Cc1ccc(N(C2=CC=C3c4c(cc(N(c5ccc(C)cc5)c5ccc6ccccc6c5)c5ccccc45)C(C)(C)C3(C)C2)c2ccc3ccccc3c2)cc1. The molecule has 2 aliphatic carbocycles. The van der Waals surface area contributed by atoms with Gasteiger partial charge in [0.05, 0.1) is 5.69 Å². The van der Waals surface area contributed by atoms with E-state index in [2.05, 4.69) is 220 Å². The quantitative estimate of drug-likeness (QED) is 0.169. The van der Waals surface area contributed by atoms with E-state index >= 15 is 0 Å². The van der Waals surface area contributed by atoms with Gasteiger partial charge in [-0.05, 0) is 125 Å². The number of nitrogens with zero attached hydrogens (tertiary/aromatic N) is 2. The van der Waals surface area contributed by atoms with E-state index in [4.69, 9.17) is 0 Å². The maximum Gasteiger partial charge on any atom is 0.0543 e. The van der Waals surface area contributed by atoms with Crippen LogP contribution in [0.3, 0.4) is 0 Å². The van der Waals surface area contributed by atoms with Gasteiger partial charge in [-0.2, -0.15) is 0 Å². The third-order valence-electron chi connectivity index (χ3n) is 13.0. The summed E-state index contributed by atoms with van der Waals surface area (Å²) < 4.78 is 0. The van der Waals surface area contributed by atoms with Crippen molar-refractivity contribution in [3.05, 3.63) is 204 Å². The second-order valence-corrected chi connectivity index (χ2v) is 16.6. The molecule has 0 spiro atoms. The Morgan fingerprint density at radius 1 is 0.446 bits per heavy atom. The van der Waals surface area contributed by atoms with E-state index < -0.39 is 0 Å². The number of allylic oxidation sites excluding steroid dienone is 4. The summed E-state index contributed by atoms with van der Waals surface area (Å²) in [6.45, 7) is 11.8. The summed E-state index contributed by atoms with van der Waals surface area (Å²) in [5.74, 6) is 0. The first-order valence-corrected chi connectivity index (χ1v) is 19.9. The van der Waals surface area contributed by atoms with Crippen LogP contribution in [0.2, 0.25) is 0 Å². The van der Waals surface area contributed by atoms with Crippen molar-refractivity contribution in [2.45, 2.75) is 46.5 Å². The molecule has 0 saturated heterocycles. The average molecular weight is 723 g/mol.